The van der Waals surface area contributed by atoms with E-state index in [4.69, 9.17) is 11.6 Å². The third-order valence-corrected chi connectivity index (χ3v) is 4.01. The normalized spacial score (nSPS) is 11.4. The molecule has 0 unspecified atom stereocenters. The van der Waals surface area contributed by atoms with Crippen LogP contribution in [-0.2, 0) is 12.5 Å². The Morgan fingerprint density at radius 3 is 2.44 bits per heavy atom. The van der Waals surface area contributed by atoms with Gasteiger partial charge < -0.3 is 0 Å². The highest BCUT2D eigenvalue weighted by molar-refractivity contribution is 5.75. The molecule has 3 aromatic rings. The molecule has 1 aromatic carbocycles. The fraction of sp³-hybridized carbons (Fsp3) is 0.300. The molecule has 0 radical (unpaired) electrons. The molecule has 126 valence electrons. The summed E-state index contributed by atoms with van der Waals surface area (Å²) in [5.41, 5.74) is 5.16. The van der Waals surface area contributed by atoms with Crippen molar-refractivity contribution in [3.63, 3.8) is 0 Å². The van der Waals surface area contributed by atoms with Crippen molar-refractivity contribution >= 4 is 5.69 Å². The molecule has 0 fully saturated rings. The van der Waals surface area contributed by atoms with E-state index in [1.807, 2.05) is 44.4 Å². The summed E-state index contributed by atoms with van der Waals surface area (Å²) < 4.78 is 1.78. The number of hydrogen-bond donors (Lipinski definition) is 0. The third-order valence-electron chi connectivity index (χ3n) is 4.01. The van der Waals surface area contributed by atoms with Crippen LogP contribution in [0.4, 0.5) is 5.69 Å². The quantitative estimate of drug-likeness (QED) is 0.639. The first kappa shape index (κ1) is 16.8. The van der Waals surface area contributed by atoms with Crippen LogP contribution in [0.3, 0.4) is 0 Å². The first-order valence-corrected chi connectivity index (χ1v) is 8.15. The molecule has 0 atom stereocenters. The van der Waals surface area contributed by atoms with Gasteiger partial charge in [-0.25, -0.2) is 14.8 Å². The first-order valence-electron chi connectivity index (χ1n) is 8.15. The molecule has 5 nitrogen and oxygen atoms in total. The van der Waals surface area contributed by atoms with Crippen LogP contribution in [0.25, 0.3) is 27.5 Å². The average molecular weight is 331 g/mol. The molecule has 0 saturated carbocycles. The predicted octanol–water partition coefficient (Wildman–Crippen LogP) is 4.70. The molecule has 5 heteroatoms. The van der Waals surface area contributed by atoms with E-state index >= 15 is 0 Å². The minimum absolute atomic E-state index is 0.0600. The second-order valence-corrected chi connectivity index (χ2v) is 7.23. The highest BCUT2D eigenvalue weighted by Gasteiger charge is 2.17. The maximum absolute atomic E-state index is 7.42. The first-order chi connectivity index (χ1) is 11.8. The van der Waals surface area contributed by atoms with Crippen molar-refractivity contribution in [2.24, 2.45) is 7.05 Å². The Bertz CT molecular complexity index is 970. The Kier molecular flexibility index (Phi) is 4.13. The molecule has 3 rings (SSSR count). The van der Waals surface area contributed by atoms with Gasteiger partial charge in [0.15, 0.2) is 11.5 Å². The lowest BCUT2D eigenvalue weighted by atomic mass is 9.92. The largest absolute Gasteiger partial charge is 0.275 e. The number of rotatable bonds is 2. The van der Waals surface area contributed by atoms with Gasteiger partial charge in [-0.3, -0.25) is 4.68 Å². The molecule has 2 aromatic heterocycles. The summed E-state index contributed by atoms with van der Waals surface area (Å²) in [6, 6.07) is 7.63. The lowest BCUT2D eigenvalue weighted by Gasteiger charge is -2.18. The molecule has 2 heterocycles. The predicted molar refractivity (Wildman–Crippen MR) is 99.4 cm³/mol. The van der Waals surface area contributed by atoms with Crippen LogP contribution in [0.15, 0.2) is 36.7 Å². The van der Waals surface area contributed by atoms with Gasteiger partial charge >= 0.3 is 0 Å². The molecule has 0 aliphatic rings. The minimum atomic E-state index is -0.0600. The summed E-state index contributed by atoms with van der Waals surface area (Å²) in [4.78, 5) is 12.7. The van der Waals surface area contributed by atoms with Crippen molar-refractivity contribution in [2.75, 3.05) is 0 Å². The van der Waals surface area contributed by atoms with Crippen molar-refractivity contribution in [1.82, 2.24) is 19.7 Å². The molecule has 0 amide bonds. The number of aromatic nitrogens is 4. The Balaban J connectivity index is 2.16. The van der Waals surface area contributed by atoms with Gasteiger partial charge in [0, 0.05) is 36.1 Å². The monoisotopic (exact) mass is 331 g/mol. The molecule has 0 N–H and O–H groups in total. The molecule has 0 saturated heterocycles. The van der Waals surface area contributed by atoms with Crippen LogP contribution >= 0.6 is 0 Å². The average Bonchev–Trinajstić information content (AvgIpc) is 2.92. The van der Waals surface area contributed by atoms with Crippen LogP contribution in [0.2, 0.25) is 0 Å². The van der Waals surface area contributed by atoms with Crippen LogP contribution in [0.1, 0.15) is 32.0 Å². The standard InChI is InChI=1S/C20H21N5/c1-13-12-25(6)24-18(13)14-9-15(11-16(10-14)21-5)19-22-8-7-17(23-19)20(2,3)4/h7-12H,1-4,6H3. The van der Waals surface area contributed by atoms with Gasteiger partial charge in [-0.15, -0.1) is 0 Å². The Morgan fingerprint density at radius 2 is 1.84 bits per heavy atom. The van der Waals surface area contributed by atoms with E-state index in [0.29, 0.717) is 11.5 Å². The van der Waals surface area contributed by atoms with E-state index in [1.165, 1.54) is 0 Å². The van der Waals surface area contributed by atoms with Gasteiger partial charge in [0.25, 0.3) is 0 Å². The van der Waals surface area contributed by atoms with E-state index in [-0.39, 0.29) is 5.41 Å². The SMILES string of the molecule is [C-]#[N+]c1cc(-c2nccc(C(C)(C)C)n2)cc(-c2nn(C)cc2C)c1. The van der Waals surface area contributed by atoms with E-state index in [1.54, 1.807) is 10.9 Å². The summed E-state index contributed by atoms with van der Waals surface area (Å²) in [5, 5.41) is 4.52. The highest BCUT2D eigenvalue weighted by Crippen LogP contribution is 2.31. The van der Waals surface area contributed by atoms with Crippen LogP contribution in [0.5, 0.6) is 0 Å². The van der Waals surface area contributed by atoms with Crippen molar-refractivity contribution in [3.8, 4) is 22.6 Å². The van der Waals surface area contributed by atoms with Crippen LogP contribution in [0, 0.1) is 13.5 Å². The summed E-state index contributed by atoms with van der Waals surface area (Å²) in [6.45, 7) is 15.8. The summed E-state index contributed by atoms with van der Waals surface area (Å²) in [5.74, 6) is 0.632. The topological polar surface area (TPSA) is 48.0 Å². The van der Waals surface area contributed by atoms with Gasteiger partial charge in [0.05, 0.1) is 12.3 Å². The Labute approximate surface area is 148 Å². The Hall–Kier alpha value is -3.00. The lowest BCUT2D eigenvalue weighted by molar-refractivity contribution is 0.568. The van der Waals surface area contributed by atoms with Crippen molar-refractivity contribution in [2.45, 2.75) is 33.1 Å². The fourth-order valence-electron chi connectivity index (χ4n) is 2.75. The van der Waals surface area contributed by atoms with Crippen molar-refractivity contribution < 1.29 is 0 Å². The maximum Gasteiger partial charge on any atom is 0.188 e. The maximum atomic E-state index is 7.42. The van der Waals surface area contributed by atoms with Gasteiger partial charge in [-0.05, 0) is 42.3 Å². The van der Waals surface area contributed by atoms with E-state index < -0.39 is 0 Å². The third kappa shape index (κ3) is 3.43. The molecule has 0 aliphatic carbocycles. The zero-order valence-corrected chi connectivity index (χ0v) is 15.2. The summed E-state index contributed by atoms with van der Waals surface area (Å²) in [6.07, 6.45) is 3.75. The second-order valence-electron chi connectivity index (χ2n) is 7.23. The molecule has 0 bridgehead atoms. The molecule has 0 spiro atoms. The number of benzene rings is 1. The minimum Gasteiger partial charge on any atom is -0.275 e. The fourth-order valence-corrected chi connectivity index (χ4v) is 2.75. The highest BCUT2D eigenvalue weighted by atomic mass is 15.2. The lowest BCUT2D eigenvalue weighted by Crippen LogP contribution is -2.14. The zero-order valence-electron chi connectivity index (χ0n) is 15.2. The molecule has 25 heavy (non-hydrogen) atoms. The smallest absolute Gasteiger partial charge is 0.188 e. The van der Waals surface area contributed by atoms with E-state index in [9.17, 15) is 0 Å². The number of aryl methyl sites for hydroxylation is 2. The van der Waals surface area contributed by atoms with Gasteiger partial charge in [0.2, 0.25) is 0 Å². The van der Waals surface area contributed by atoms with Gasteiger partial charge in [0.1, 0.15) is 0 Å². The summed E-state index contributed by atoms with van der Waals surface area (Å²) in [7, 11) is 1.89. The summed E-state index contributed by atoms with van der Waals surface area (Å²) >= 11 is 0. The molecular weight excluding hydrogens is 310 g/mol. The second kappa shape index (κ2) is 6.14. The number of hydrogen-bond acceptors (Lipinski definition) is 3. The van der Waals surface area contributed by atoms with Gasteiger partial charge in [-0.2, -0.15) is 5.10 Å². The van der Waals surface area contributed by atoms with Crippen LogP contribution < -0.4 is 0 Å². The van der Waals surface area contributed by atoms with Gasteiger partial charge in [-0.1, -0.05) is 20.8 Å². The molecule has 0 aliphatic heterocycles. The zero-order chi connectivity index (χ0) is 18.2. The molecular formula is C20H21N5. The number of nitrogens with zero attached hydrogens (tertiary/aromatic N) is 5. The van der Waals surface area contributed by atoms with E-state index in [0.717, 1.165) is 28.1 Å². The van der Waals surface area contributed by atoms with Crippen molar-refractivity contribution in [3.05, 3.63) is 59.3 Å². The Morgan fingerprint density at radius 1 is 1.12 bits per heavy atom. The van der Waals surface area contributed by atoms with Crippen molar-refractivity contribution in [1.29, 1.82) is 0 Å². The van der Waals surface area contributed by atoms with E-state index in [2.05, 4.69) is 35.7 Å². The van der Waals surface area contributed by atoms with Crippen LogP contribution in [-0.4, -0.2) is 19.7 Å².